The van der Waals surface area contributed by atoms with E-state index in [1.807, 2.05) is 12.1 Å². The van der Waals surface area contributed by atoms with Crippen molar-refractivity contribution in [2.24, 2.45) is 0 Å². The molecule has 1 heterocycles. The van der Waals surface area contributed by atoms with Crippen LogP contribution in [0.3, 0.4) is 0 Å². The molecular formula is C17H25NO4S2. The maximum atomic E-state index is 12.6. The SMILES string of the molecule is C[C@@]1(NS(=O)(=O)c2ccc(C3CCCCC3)cc2)CCS(=O)(=O)C1. The van der Waals surface area contributed by atoms with E-state index in [9.17, 15) is 16.8 Å². The monoisotopic (exact) mass is 371 g/mol. The fourth-order valence-electron chi connectivity index (χ4n) is 3.83. The number of benzene rings is 1. The lowest BCUT2D eigenvalue weighted by atomic mass is 9.84. The molecule has 24 heavy (non-hydrogen) atoms. The number of sulfone groups is 1. The topological polar surface area (TPSA) is 80.3 Å². The van der Waals surface area contributed by atoms with Gasteiger partial charge < -0.3 is 0 Å². The minimum atomic E-state index is -3.71. The van der Waals surface area contributed by atoms with Gasteiger partial charge in [-0.25, -0.2) is 21.6 Å². The summed E-state index contributed by atoms with van der Waals surface area (Å²) >= 11 is 0. The molecule has 0 amide bonds. The fourth-order valence-corrected chi connectivity index (χ4v) is 7.45. The summed E-state index contributed by atoms with van der Waals surface area (Å²) in [6.45, 7) is 1.66. The number of hydrogen-bond acceptors (Lipinski definition) is 4. The molecule has 1 saturated carbocycles. The van der Waals surface area contributed by atoms with Crippen LogP contribution in [-0.4, -0.2) is 33.9 Å². The lowest BCUT2D eigenvalue weighted by Gasteiger charge is -2.24. The Morgan fingerprint density at radius 1 is 1.08 bits per heavy atom. The first-order chi connectivity index (χ1) is 11.2. The van der Waals surface area contributed by atoms with Gasteiger partial charge in [0, 0.05) is 5.54 Å². The average Bonchev–Trinajstić information content (AvgIpc) is 2.81. The summed E-state index contributed by atoms with van der Waals surface area (Å²) in [6, 6.07) is 7.08. The number of hydrogen-bond donors (Lipinski definition) is 1. The van der Waals surface area contributed by atoms with Crippen LogP contribution in [0.2, 0.25) is 0 Å². The van der Waals surface area contributed by atoms with Crippen LogP contribution in [0, 0.1) is 0 Å². The standard InChI is InChI=1S/C17H25NO4S2/c1-17(11-12-23(19,20)13-17)18-24(21,22)16-9-7-15(8-10-16)14-5-3-2-4-6-14/h7-10,14,18H,2-6,11-13H2,1H3/t17-/m1/s1. The molecule has 1 N–H and O–H groups in total. The highest BCUT2D eigenvalue weighted by molar-refractivity contribution is 7.92. The quantitative estimate of drug-likeness (QED) is 0.882. The van der Waals surface area contributed by atoms with E-state index < -0.39 is 25.4 Å². The van der Waals surface area contributed by atoms with Crippen LogP contribution in [0.1, 0.15) is 56.9 Å². The molecule has 2 fully saturated rings. The van der Waals surface area contributed by atoms with E-state index in [0.717, 1.165) is 0 Å². The third-order valence-electron chi connectivity index (χ3n) is 5.15. The van der Waals surface area contributed by atoms with E-state index in [4.69, 9.17) is 0 Å². The highest BCUT2D eigenvalue weighted by Gasteiger charge is 2.41. The van der Waals surface area contributed by atoms with Crippen LogP contribution in [0.4, 0.5) is 0 Å². The largest absolute Gasteiger partial charge is 0.241 e. The molecule has 2 aliphatic rings. The van der Waals surface area contributed by atoms with E-state index >= 15 is 0 Å². The Labute approximate surface area is 144 Å². The fraction of sp³-hybridized carbons (Fsp3) is 0.647. The Kier molecular flexibility index (Phi) is 4.79. The van der Waals surface area contributed by atoms with Gasteiger partial charge in [0.05, 0.1) is 16.4 Å². The summed E-state index contributed by atoms with van der Waals surface area (Å²) in [7, 11) is -6.87. The molecule has 134 valence electrons. The van der Waals surface area contributed by atoms with E-state index in [-0.39, 0.29) is 16.4 Å². The maximum absolute atomic E-state index is 12.6. The molecule has 0 bridgehead atoms. The molecule has 1 saturated heterocycles. The van der Waals surface area contributed by atoms with Crippen molar-refractivity contribution in [3.05, 3.63) is 29.8 Å². The van der Waals surface area contributed by atoms with Gasteiger partial charge in [0.2, 0.25) is 10.0 Å². The second kappa shape index (κ2) is 6.42. The predicted octanol–water partition coefficient (Wildman–Crippen LogP) is 2.59. The third-order valence-corrected chi connectivity index (χ3v) is 8.71. The van der Waals surface area contributed by atoms with Crippen molar-refractivity contribution in [3.8, 4) is 0 Å². The van der Waals surface area contributed by atoms with E-state index in [1.165, 1.54) is 37.7 Å². The Balaban J connectivity index is 1.75. The van der Waals surface area contributed by atoms with Crippen LogP contribution in [-0.2, 0) is 19.9 Å². The van der Waals surface area contributed by atoms with Crippen molar-refractivity contribution in [1.82, 2.24) is 4.72 Å². The van der Waals surface area contributed by atoms with Gasteiger partial charge in [0.15, 0.2) is 9.84 Å². The van der Waals surface area contributed by atoms with Crippen molar-refractivity contribution in [3.63, 3.8) is 0 Å². The first-order valence-electron chi connectivity index (χ1n) is 8.54. The van der Waals surface area contributed by atoms with Crippen LogP contribution in [0.25, 0.3) is 0 Å². The number of nitrogens with one attached hydrogen (secondary N) is 1. The normalized spacial score (nSPS) is 28.0. The molecule has 3 rings (SSSR count). The highest BCUT2D eigenvalue weighted by atomic mass is 32.2. The summed E-state index contributed by atoms with van der Waals surface area (Å²) in [5.74, 6) is 0.424. The molecule has 0 aromatic heterocycles. The van der Waals surface area contributed by atoms with E-state index in [1.54, 1.807) is 19.1 Å². The van der Waals surface area contributed by atoms with Gasteiger partial charge in [-0.1, -0.05) is 31.4 Å². The van der Waals surface area contributed by atoms with Gasteiger partial charge in [-0.2, -0.15) is 0 Å². The van der Waals surface area contributed by atoms with Crippen LogP contribution in [0.15, 0.2) is 29.2 Å². The summed E-state index contributed by atoms with van der Waals surface area (Å²) < 4.78 is 51.1. The molecule has 5 nitrogen and oxygen atoms in total. The van der Waals surface area contributed by atoms with Gasteiger partial charge in [-0.15, -0.1) is 0 Å². The minimum absolute atomic E-state index is 0.0344. The van der Waals surface area contributed by atoms with Gasteiger partial charge in [0.1, 0.15) is 0 Å². The Morgan fingerprint density at radius 3 is 2.25 bits per heavy atom. The Bertz CT molecular complexity index is 793. The van der Waals surface area contributed by atoms with Crippen molar-refractivity contribution >= 4 is 19.9 Å². The first kappa shape index (κ1) is 17.9. The molecule has 1 aromatic rings. The van der Waals surface area contributed by atoms with Gasteiger partial charge in [-0.3, -0.25) is 0 Å². The van der Waals surface area contributed by atoms with E-state index in [0.29, 0.717) is 12.3 Å². The lowest BCUT2D eigenvalue weighted by molar-refractivity contribution is 0.443. The maximum Gasteiger partial charge on any atom is 0.241 e. The lowest BCUT2D eigenvalue weighted by Crippen LogP contribution is -2.46. The molecule has 7 heteroatoms. The zero-order valence-corrected chi connectivity index (χ0v) is 15.6. The summed E-state index contributed by atoms with van der Waals surface area (Å²) in [4.78, 5) is 0.201. The second-order valence-electron chi connectivity index (χ2n) is 7.41. The van der Waals surface area contributed by atoms with E-state index in [2.05, 4.69) is 4.72 Å². The van der Waals surface area contributed by atoms with Crippen molar-refractivity contribution in [2.45, 2.75) is 61.8 Å². The van der Waals surface area contributed by atoms with Gasteiger partial charge in [0.25, 0.3) is 0 Å². The van der Waals surface area contributed by atoms with Crippen molar-refractivity contribution in [2.75, 3.05) is 11.5 Å². The highest BCUT2D eigenvalue weighted by Crippen LogP contribution is 2.33. The van der Waals surface area contributed by atoms with Crippen LogP contribution < -0.4 is 4.72 Å². The van der Waals surface area contributed by atoms with Crippen LogP contribution in [0.5, 0.6) is 0 Å². The average molecular weight is 372 g/mol. The summed E-state index contributed by atoms with van der Waals surface area (Å²) in [5, 5.41) is 0. The molecule has 0 spiro atoms. The minimum Gasteiger partial charge on any atom is -0.229 e. The van der Waals surface area contributed by atoms with Crippen LogP contribution >= 0.6 is 0 Å². The zero-order valence-electron chi connectivity index (χ0n) is 14.0. The Hall–Kier alpha value is -0.920. The molecule has 1 aromatic carbocycles. The van der Waals surface area contributed by atoms with Gasteiger partial charge in [-0.05, 0) is 49.8 Å². The number of sulfonamides is 1. The summed E-state index contributed by atoms with van der Waals surface area (Å²) in [6.07, 6.45) is 6.40. The molecule has 1 atom stereocenters. The number of rotatable bonds is 4. The molecule has 1 aliphatic heterocycles. The van der Waals surface area contributed by atoms with Gasteiger partial charge >= 0.3 is 0 Å². The van der Waals surface area contributed by atoms with Crippen molar-refractivity contribution < 1.29 is 16.8 Å². The second-order valence-corrected chi connectivity index (χ2v) is 11.3. The smallest absolute Gasteiger partial charge is 0.229 e. The Morgan fingerprint density at radius 2 is 1.71 bits per heavy atom. The zero-order chi connectivity index (χ0) is 17.4. The molecule has 0 unspecified atom stereocenters. The third kappa shape index (κ3) is 4.00. The molecular weight excluding hydrogens is 346 g/mol. The van der Waals surface area contributed by atoms with Crippen molar-refractivity contribution in [1.29, 1.82) is 0 Å². The predicted molar refractivity (Wildman–Crippen MR) is 94.3 cm³/mol. The molecule has 0 radical (unpaired) electrons. The summed E-state index contributed by atoms with van der Waals surface area (Å²) in [5.41, 5.74) is 0.281. The first-order valence-corrected chi connectivity index (χ1v) is 11.8. The molecule has 1 aliphatic carbocycles.